The third-order valence-electron chi connectivity index (χ3n) is 3.54. The zero-order valence-electron chi connectivity index (χ0n) is 11.3. The monoisotopic (exact) mass is 302 g/mol. The van der Waals surface area contributed by atoms with E-state index in [4.69, 9.17) is 11.6 Å². The number of fused-ring (bicyclic) bond motifs is 1. The van der Waals surface area contributed by atoms with Gasteiger partial charge in [-0.25, -0.2) is 0 Å². The van der Waals surface area contributed by atoms with Gasteiger partial charge in [-0.05, 0) is 48.7 Å². The van der Waals surface area contributed by atoms with E-state index in [0.29, 0.717) is 5.02 Å². The molecule has 3 N–H and O–H groups in total. The second-order valence-electron chi connectivity index (χ2n) is 4.98. The van der Waals surface area contributed by atoms with E-state index in [2.05, 4.69) is 10.6 Å². The lowest BCUT2D eigenvalue weighted by atomic mass is 10.0. The molecule has 0 fully saturated rings. The largest absolute Gasteiger partial charge is 0.508 e. The summed E-state index contributed by atoms with van der Waals surface area (Å²) < 4.78 is 0. The van der Waals surface area contributed by atoms with E-state index in [-0.39, 0.29) is 17.2 Å². The van der Waals surface area contributed by atoms with Crippen LogP contribution in [0.3, 0.4) is 0 Å². The Kier molecular flexibility index (Phi) is 3.71. The number of halogens is 1. The van der Waals surface area contributed by atoms with Gasteiger partial charge in [-0.3, -0.25) is 4.79 Å². The van der Waals surface area contributed by atoms with E-state index in [0.717, 1.165) is 36.3 Å². The molecule has 0 spiro atoms. The minimum Gasteiger partial charge on any atom is -0.508 e. The van der Waals surface area contributed by atoms with Gasteiger partial charge in [0.1, 0.15) is 5.75 Å². The second-order valence-corrected chi connectivity index (χ2v) is 5.39. The summed E-state index contributed by atoms with van der Waals surface area (Å²) in [7, 11) is 0. The van der Waals surface area contributed by atoms with Crippen molar-refractivity contribution in [2.45, 2.75) is 12.8 Å². The molecule has 21 heavy (non-hydrogen) atoms. The maximum Gasteiger partial charge on any atom is 0.257 e. The van der Waals surface area contributed by atoms with E-state index in [1.807, 2.05) is 18.2 Å². The minimum atomic E-state index is -0.324. The number of carbonyl (C=O) groups excluding carboxylic acids is 1. The molecule has 1 heterocycles. The highest BCUT2D eigenvalue weighted by molar-refractivity contribution is 6.34. The third kappa shape index (κ3) is 2.81. The number of carbonyl (C=O) groups is 1. The molecule has 1 aliphatic rings. The van der Waals surface area contributed by atoms with Gasteiger partial charge in [0.05, 0.1) is 10.6 Å². The normalized spacial score (nSPS) is 13.2. The smallest absolute Gasteiger partial charge is 0.257 e. The molecular weight excluding hydrogens is 288 g/mol. The zero-order valence-corrected chi connectivity index (χ0v) is 12.1. The van der Waals surface area contributed by atoms with Gasteiger partial charge in [0, 0.05) is 17.9 Å². The summed E-state index contributed by atoms with van der Waals surface area (Å²) in [6.45, 7) is 0.947. The fourth-order valence-electron chi connectivity index (χ4n) is 2.50. The molecule has 0 radical (unpaired) electrons. The number of amides is 1. The molecule has 1 amide bonds. The lowest BCUT2D eigenvalue weighted by Crippen LogP contribution is -2.17. The van der Waals surface area contributed by atoms with Crippen LogP contribution < -0.4 is 10.6 Å². The number of aromatic hydroxyl groups is 1. The van der Waals surface area contributed by atoms with Crippen molar-refractivity contribution in [2.75, 3.05) is 17.2 Å². The number of rotatable bonds is 2. The maximum absolute atomic E-state index is 12.3. The maximum atomic E-state index is 12.3. The molecule has 0 aromatic heterocycles. The van der Waals surface area contributed by atoms with Crippen molar-refractivity contribution in [1.29, 1.82) is 0 Å². The van der Waals surface area contributed by atoms with Crippen LogP contribution in [0.15, 0.2) is 36.4 Å². The highest BCUT2D eigenvalue weighted by Crippen LogP contribution is 2.30. The lowest BCUT2D eigenvalue weighted by Gasteiger charge is -2.21. The summed E-state index contributed by atoms with van der Waals surface area (Å²) in [5.74, 6) is -0.309. The first kappa shape index (κ1) is 13.8. The van der Waals surface area contributed by atoms with Crippen LogP contribution in [0, 0.1) is 0 Å². The number of nitrogens with one attached hydrogen (secondary N) is 2. The number of anilines is 2. The Morgan fingerprint density at radius 3 is 3.00 bits per heavy atom. The fourth-order valence-corrected chi connectivity index (χ4v) is 2.71. The van der Waals surface area contributed by atoms with Crippen LogP contribution in [-0.2, 0) is 6.42 Å². The van der Waals surface area contributed by atoms with Crippen molar-refractivity contribution in [2.24, 2.45) is 0 Å². The Morgan fingerprint density at radius 2 is 2.14 bits per heavy atom. The summed E-state index contributed by atoms with van der Waals surface area (Å²) >= 11 is 6.02. The van der Waals surface area contributed by atoms with Crippen LogP contribution in [0.1, 0.15) is 22.3 Å². The molecule has 5 heteroatoms. The molecule has 0 atom stereocenters. The van der Waals surface area contributed by atoms with E-state index in [9.17, 15) is 9.90 Å². The Morgan fingerprint density at radius 1 is 1.29 bits per heavy atom. The lowest BCUT2D eigenvalue weighted by molar-refractivity contribution is 0.102. The van der Waals surface area contributed by atoms with Crippen LogP contribution >= 0.6 is 11.6 Å². The number of hydrogen-bond acceptors (Lipinski definition) is 3. The van der Waals surface area contributed by atoms with Gasteiger partial charge in [0.2, 0.25) is 0 Å². The highest BCUT2D eigenvalue weighted by atomic mass is 35.5. The first-order valence-electron chi connectivity index (χ1n) is 6.81. The Bertz CT molecular complexity index is 701. The molecule has 3 rings (SSSR count). The molecule has 108 valence electrons. The van der Waals surface area contributed by atoms with E-state index >= 15 is 0 Å². The van der Waals surface area contributed by atoms with Gasteiger partial charge in [0.25, 0.3) is 5.91 Å². The van der Waals surface area contributed by atoms with Gasteiger partial charge in [0.15, 0.2) is 0 Å². The molecule has 0 aliphatic carbocycles. The number of phenolic OH excluding ortho intramolecular Hbond substituents is 1. The first-order chi connectivity index (χ1) is 10.1. The van der Waals surface area contributed by atoms with Crippen molar-refractivity contribution >= 4 is 28.9 Å². The predicted octanol–water partition coefficient (Wildman–Crippen LogP) is 3.66. The molecule has 1 aliphatic heterocycles. The fraction of sp³-hybridized carbons (Fsp3) is 0.188. The van der Waals surface area contributed by atoms with Crippen LogP contribution in [0.25, 0.3) is 0 Å². The number of phenols is 1. The highest BCUT2D eigenvalue weighted by Gasteiger charge is 2.16. The van der Waals surface area contributed by atoms with E-state index < -0.39 is 0 Å². The van der Waals surface area contributed by atoms with Gasteiger partial charge >= 0.3 is 0 Å². The molecule has 0 saturated carbocycles. The Labute approximate surface area is 127 Å². The van der Waals surface area contributed by atoms with Crippen LogP contribution in [-0.4, -0.2) is 17.6 Å². The second kappa shape index (κ2) is 5.66. The van der Waals surface area contributed by atoms with Crippen molar-refractivity contribution < 1.29 is 9.90 Å². The average molecular weight is 303 g/mol. The summed E-state index contributed by atoms with van der Waals surface area (Å²) in [6.07, 6.45) is 1.96. The van der Waals surface area contributed by atoms with E-state index in [1.54, 1.807) is 0 Å². The van der Waals surface area contributed by atoms with Crippen LogP contribution in [0.2, 0.25) is 5.02 Å². The molecule has 2 aromatic carbocycles. The topological polar surface area (TPSA) is 61.4 Å². The Hall–Kier alpha value is -2.20. The van der Waals surface area contributed by atoms with Crippen LogP contribution in [0.4, 0.5) is 11.4 Å². The van der Waals surface area contributed by atoms with Gasteiger partial charge < -0.3 is 15.7 Å². The molecular formula is C16H15ClN2O2. The minimum absolute atomic E-state index is 0.0151. The predicted molar refractivity (Wildman–Crippen MR) is 84.3 cm³/mol. The number of hydrogen-bond donors (Lipinski definition) is 3. The quantitative estimate of drug-likeness (QED) is 0.793. The van der Waals surface area contributed by atoms with Gasteiger partial charge in [-0.1, -0.05) is 17.7 Å². The first-order valence-corrected chi connectivity index (χ1v) is 7.18. The standard InChI is InChI=1S/C16H15ClN2O2/c17-13-7-6-10(20)9-12(13)16(21)19-15-5-1-4-14-11(15)3-2-8-18-14/h1,4-7,9,18,20H,2-3,8H2,(H,19,21). The molecule has 0 saturated heterocycles. The van der Waals surface area contributed by atoms with Crippen molar-refractivity contribution in [3.05, 3.63) is 52.5 Å². The van der Waals surface area contributed by atoms with E-state index in [1.165, 1.54) is 18.2 Å². The molecule has 0 bridgehead atoms. The third-order valence-corrected chi connectivity index (χ3v) is 3.87. The summed E-state index contributed by atoms with van der Waals surface area (Å²) in [4.78, 5) is 12.3. The molecule has 4 nitrogen and oxygen atoms in total. The van der Waals surface area contributed by atoms with Gasteiger partial charge in [-0.15, -0.1) is 0 Å². The van der Waals surface area contributed by atoms with Gasteiger partial charge in [-0.2, -0.15) is 0 Å². The summed E-state index contributed by atoms with van der Waals surface area (Å²) in [6, 6.07) is 10.1. The van der Waals surface area contributed by atoms with Crippen molar-refractivity contribution in [3.8, 4) is 5.75 Å². The summed E-state index contributed by atoms with van der Waals surface area (Å²) in [5.41, 5.74) is 3.21. The summed E-state index contributed by atoms with van der Waals surface area (Å²) in [5, 5.41) is 16.0. The zero-order chi connectivity index (χ0) is 14.8. The van der Waals surface area contributed by atoms with Crippen LogP contribution in [0.5, 0.6) is 5.75 Å². The van der Waals surface area contributed by atoms with Crippen molar-refractivity contribution in [3.63, 3.8) is 0 Å². The SMILES string of the molecule is O=C(Nc1cccc2c1CCCN2)c1cc(O)ccc1Cl. The Balaban J connectivity index is 1.90. The molecule has 2 aromatic rings. The average Bonchev–Trinajstić information content (AvgIpc) is 2.50. The number of benzene rings is 2. The molecule has 0 unspecified atom stereocenters. The van der Waals surface area contributed by atoms with Crippen molar-refractivity contribution in [1.82, 2.24) is 0 Å².